The smallest absolute Gasteiger partial charge is 0.129 e. The van der Waals surface area contributed by atoms with Crippen molar-refractivity contribution in [1.82, 2.24) is 4.98 Å². The van der Waals surface area contributed by atoms with Gasteiger partial charge in [-0.3, -0.25) is 0 Å². The van der Waals surface area contributed by atoms with Crippen LogP contribution in [0, 0.1) is 6.92 Å². The van der Waals surface area contributed by atoms with Gasteiger partial charge in [-0.15, -0.1) is 0 Å². The molecule has 0 radical (unpaired) electrons. The number of aromatic nitrogens is 1. The average molecular weight is 303 g/mol. The van der Waals surface area contributed by atoms with E-state index in [4.69, 9.17) is 9.47 Å². The first-order valence-electron chi connectivity index (χ1n) is 5.55. The zero-order valence-corrected chi connectivity index (χ0v) is 12.2. The molecule has 1 rings (SSSR count). The standard InChI is InChI=1S/C12H19BrN2O2/c1-10-11(13)4-5-12(14-10)15(6-8-16-2)7-9-17-3/h4-5H,6-9H2,1-3H3. The Kier molecular flexibility index (Phi) is 6.47. The summed E-state index contributed by atoms with van der Waals surface area (Å²) < 4.78 is 11.2. The van der Waals surface area contributed by atoms with Crippen LogP contribution in [0.3, 0.4) is 0 Å². The Hall–Kier alpha value is -0.650. The molecule has 0 atom stereocenters. The van der Waals surface area contributed by atoms with Crippen molar-refractivity contribution in [2.75, 3.05) is 45.4 Å². The first kappa shape index (κ1) is 14.4. The number of aryl methyl sites for hydroxylation is 1. The molecule has 0 amide bonds. The number of halogens is 1. The van der Waals surface area contributed by atoms with E-state index >= 15 is 0 Å². The minimum Gasteiger partial charge on any atom is -0.383 e. The molecule has 17 heavy (non-hydrogen) atoms. The van der Waals surface area contributed by atoms with Gasteiger partial charge in [-0.1, -0.05) is 0 Å². The van der Waals surface area contributed by atoms with E-state index in [1.54, 1.807) is 14.2 Å². The van der Waals surface area contributed by atoms with Crippen molar-refractivity contribution >= 4 is 21.7 Å². The molecule has 1 heterocycles. The highest BCUT2D eigenvalue weighted by molar-refractivity contribution is 9.10. The van der Waals surface area contributed by atoms with Crippen LogP contribution in [0.25, 0.3) is 0 Å². The van der Waals surface area contributed by atoms with Crippen molar-refractivity contribution in [3.63, 3.8) is 0 Å². The molecular formula is C12H19BrN2O2. The van der Waals surface area contributed by atoms with Gasteiger partial charge in [-0.05, 0) is 35.0 Å². The fraction of sp³-hybridized carbons (Fsp3) is 0.583. The van der Waals surface area contributed by atoms with Gasteiger partial charge in [0.25, 0.3) is 0 Å². The highest BCUT2D eigenvalue weighted by Crippen LogP contribution is 2.18. The number of ether oxygens (including phenoxy) is 2. The molecule has 96 valence electrons. The molecule has 0 aromatic carbocycles. The van der Waals surface area contributed by atoms with Crippen LogP contribution in [-0.2, 0) is 9.47 Å². The number of hydrogen-bond acceptors (Lipinski definition) is 4. The Morgan fingerprint density at radius 3 is 2.24 bits per heavy atom. The quantitative estimate of drug-likeness (QED) is 0.774. The van der Waals surface area contributed by atoms with Gasteiger partial charge in [0.05, 0.1) is 18.9 Å². The van der Waals surface area contributed by atoms with E-state index in [1.165, 1.54) is 0 Å². The molecule has 0 fully saturated rings. The Bertz CT molecular complexity index is 339. The summed E-state index contributed by atoms with van der Waals surface area (Å²) in [6, 6.07) is 4.02. The summed E-state index contributed by atoms with van der Waals surface area (Å²) >= 11 is 3.45. The molecule has 0 saturated heterocycles. The van der Waals surface area contributed by atoms with Crippen molar-refractivity contribution in [1.29, 1.82) is 0 Å². The molecule has 0 saturated carbocycles. The number of pyridine rings is 1. The minimum absolute atomic E-state index is 0.681. The number of nitrogens with zero attached hydrogens (tertiary/aromatic N) is 2. The molecule has 0 spiro atoms. The topological polar surface area (TPSA) is 34.6 Å². The molecule has 0 N–H and O–H groups in total. The highest BCUT2D eigenvalue weighted by Gasteiger charge is 2.08. The van der Waals surface area contributed by atoms with E-state index in [2.05, 4.69) is 25.8 Å². The lowest BCUT2D eigenvalue weighted by atomic mass is 10.3. The SMILES string of the molecule is COCCN(CCOC)c1ccc(Br)c(C)n1. The van der Waals surface area contributed by atoms with Crippen LogP contribution in [0.4, 0.5) is 5.82 Å². The molecule has 1 aromatic rings. The molecule has 1 aromatic heterocycles. The van der Waals surface area contributed by atoms with Gasteiger partial charge in [0, 0.05) is 31.8 Å². The lowest BCUT2D eigenvalue weighted by molar-refractivity contribution is 0.190. The van der Waals surface area contributed by atoms with Gasteiger partial charge in [-0.2, -0.15) is 0 Å². The lowest BCUT2D eigenvalue weighted by Crippen LogP contribution is -2.31. The van der Waals surface area contributed by atoms with Crippen molar-refractivity contribution in [3.05, 3.63) is 22.3 Å². The summed E-state index contributed by atoms with van der Waals surface area (Å²) in [6.07, 6.45) is 0. The molecule has 0 unspecified atom stereocenters. The van der Waals surface area contributed by atoms with E-state index < -0.39 is 0 Å². The fourth-order valence-electron chi connectivity index (χ4n) is 1.45. The zero-order chi connectivity index (χ0) is 12.7. The molecule has 5 heteroatoms. The Morgan fingerprint density at radius 1 is 1.18 bits per heavy atom. The van der Waals surface area contributed by atoms with E-state index in [-0.39, 0.29) is 0 Å². The monoisotopic (exact) mass is 302 g/mol. The maximum absolute atomic E-state index is 5.11. The van der Waals surface area contributed by atoms with Gasteiger partial charge in [-0.25, -0.2) is 4.98 Å². The molecule has 0 bridgehead atoms. The number of rotatable bonds is 7. The van der Waals surface area contributed by atoms with E-state index in [1.807, 2.05) is 19.1 Å². The zero-order valence-electron chi connectivity index (χ0n) is 10.6. The predicted octanol–water partition coefficient (Wildman–Crippen LogP) is 2.25. The van der Waals surface area contributed by atoms with Gasteiger partial charge in [0.1, 0.15) is 5.82 Å². The van der Waals surface area contributed by atoms with Crippen LogP contribution >= 0.6 is 15.9 Å². The van der Waals surface area contributed by atoms with Crippen LogP contribution in [0.5, 0.6) is 0 Å². The predicted molar refractivity (Wildman–Crippen MR) is 72.6 cm³/mol. The van der Waals surface area contributed by atoms with Crippen LogP contribution in [0.2, 0.25) is 0 Å². The van der Waals surface area contributed by atoms with Crippen LogP contribution in [0.1, 0.15) is 5.69 Å². The summed E-state index contributed by atoms with van der Waals surface area (Å²) in [5.41, 5.74) is 0.988. The molecule has 4 nitrogen and oxygen atoms in total. The van der Waals surface area contributed by atoms with Crippen molar-refractivity contribution in [2.45, 2.75) is 6.92 Å². The van der Waals surface area contributed by atoms with Crippen LogP contribution in [-0.4, -0.2) is 45.5 Å². The first-order chi connectivity index (χ1) is 8.19. The Balaban J connectivity index is 2.75. The highest BCUT2D eigenvalue weighted by atomic mass is 79.9. The van der Waals surface area contributed by atoms with E-state index in [9.17, 15) is 0 Å². The molecule has 0 aliphatic carbocycles. The van der Waals surface area contributed by atoms with E-state index in [0.29, 0.717) is 13.2 Å². The van der Waals surface area contributed by atoms with E-state index in [0.717, 1.165) is 29.1 Å². The third-order valence-electron chi connectivity index (χ3n) is 2.46. The fourth-order valence-corrected chi connectivity index (χ4v) is 1.67. The van der Waals surface area contributed by atoms with Crippen LogP contribution < -0.4 is 4.90 Å². The average Bonchev–Trinajstić information content (AvgIpc) is 2.33. The second kappa shape index (κ2) is 7.63. The summed E-state index contributed by atoms with van der Waals surface area (Å²) in [5.74, 6) is 0.958. The summed E-state index contributed by atoms with van der Waals surface area (Å²) in [6.45, 7) is 4.97. The van der Waals surface area contributed by atoms with Gasteiger partial charge in [0.15, 0.2) is 0 Å². The normalized spacial score (nSPS) is 10.6. The largest absolute Gasteiger partial charge is 0.383 e. The van der Waals surface area contributed by atoms with Crippen LogP contribution in [0.15, 0.2) is 16.6 Å². The molecular weight excluding hydrogens is 284 g/mol. The second-order valence-corrected chi connectivity index (χ2v) is 4.56. The van der Waals surface area contributed by atoms with Crippen molar-refractivity contribution < 1.29 is 9.47 Å². The second-order valence-electron chi connectivity index (χ2n) is 3.71. The Morgan fingerprint density at radius 2 is 1.76 bits per heavy atom. The number of methoxy groups -OCH3 is 2. The number of hydrogen-bond donors (Lipinski definition) is 0. The summed E-state index contributed by atoms with van der Waals surface area (Å²) in [5, 5.41) is 0. The molecule has 0 aliphatic heterocycles. The van der Waals surface area contributed by atoms with Crippen molar-refractivity contribution in [3.8, 4) is 0 Å². The summed E-state index contributed by atoms with van der Waals surface area (Å²) in [7, 11) is 3.41. The third-order valence-corrected chi connectivity index (χ3v) is 3.30. The first-order valence-corrected chi connectivity index (χ1v) is 6.34. The van der Waals surface area contributed by atoms with Gasteiger partial charge < -0.3 is 14.4 Å². The molecule has 0 aliphatic rings. The lowest BCUT2D eigenvalue weighted by Gasteiger charge is -2.23. The van der Waals surface area contributed by atoms with Gasteiger partial charge in [0.2, 0.25) is 0 Å². The van der Waals surface area contributed by atoms with Crippen molar-refractivity contribution in [2.24, 2.45) is 0 Å². The number of anilines is 1. The Labute approximate surface area is 111 Å². The third kappa shape index (κ3) is 4.61. The maximum atomic E-state index is 5.11. The summed E-state index contributed by atoms with van der Waals surface area (Å²) in [4.78, 5) is 6.71. The minimum atomic E-state index is 0.681. The van der Waals surface area contributed by atoms with Gasteiger partial charge >= 0.3 is 0 Å². The maximum Gasteiger partial charge on any atom is 0.129 e.